The van der Waals surface area contributed by atoms with Gasteiger partial charge in [0.25, 0.3) is 0 Å². The van der Waals surface area contributed by atoms with E-state index >= 15 is 0 Å². The first kappa shape index (κ1) is 16.5. The monoisotopic (exact) mass is 279 g/mol. The molecule has 0 unspecified atom stereocenters. The summed E-state index contributed by atoms with van der Waals surface area (Å²) in [5.41, 5.74) is 0.284. The van der Waals surface area contributed by atoms with E-state index in [1.54, 1.807) is 0 Å². The maximum Gasteiger partial charge on any atom is 0.407 e. The Morgan fingerprint density at radius 2 is 1.80 bits per heavy atom. The Morgan fingerprint density at radius 3 is 2.35 bits per heavy atom. The molecule has 4 heteroatoms. The van der Waals surface area contributed by atoms with Gasteiger partial charge in [0, 0.05) is 12.1 Å². The normalized spacial score (nSPS) is 12.1. The maximum atomic E-state index is 11.8. The van der Waals surface area contributed by atoms with E-state index in [0.717, 1.165) is 5.56 Å². The van der Waals surface area contributed by atoms with Crippen LogP contribution in [0.15, 0.2) is 30.3 Å². The Morgan fingerprint density at radius 1 is 1.20 bits per heavy atom. The number of hydrogen-bond donors (Lipinski definition) is 2. The zero-order valence-electron chi connectivity index (χ0n) is 12.8. The lowest BCUT2D eigenvalue weighted by Gasteiger charge is -2.34. The van der Waals surface area contributed by atoms with Crippen molar-refractivity contribution in [2.75, 3.05) is 6.61 Å². The molecule has 0 aromatic heterocycles. The predicted octanol–water partition coefficient (Wildman–Crippen LogP) is 3.10. The average Bonchev–Trinajstić information content (AvgIpc) is 2.36. The van der Waals surface area contributed by atoms with Crippen molar-refractivity contribution in [2.24, 2.45) is 5.41 Å². The van der Waals surface area contributed by atoms with E-state index in [1.165, 1.54) is 0 Å². The summed E-state index contributed by atoms with van der Waals surface area (Å²) in [6.45, 7) is 8.11. The first-order chi connectivity index (χ1) is 9.24. The van der Waals surface area contributed by atoms with Crippen LogP contribution in [-0.4, -0.2) is 23.3 Å². The molecule has 0 heterocycles. The lowest BCUT2D eigenvalue weighted by atomic mass is 9.81. The number of alkyl carbamates (subject to hydrolysis) is 1. The van der Waals surface area contributed by atoms with Crippen molar-refractivity contribution in [1.29, 1.82) is 0 Å². The van der Waals surface area contributed by atoms with Gasteiger partial charge in [-0.05, 0) is 31.2 Å². The van der Waals surface area contributed by atoms with Crippen LogP contribution in [0.1, 0.15) is 39.7 Å². The Labute approximate surface area is 121 Å². The topological polar surface area (TPSA) is 58.6 Å². The zero-order valence-corrected chi connectivity index (χ0v) is 12.8. The van der Waals surface area contributed by atoms with Gasteiger partial charge < -0.3 is 15.2 Å². The largest absolute Gasteiger partial charge is 0.445 e. The molecule has 20 heavy (non-hydrogen) atoms. The van der Waals surface area contributed by atoms with Gasteiger partial charge in [-0.25, -0.2) is 4.79 Å². The molecule has 2 N–H and O–H groups in total. The van der Waals surface area contributed by atoms with Gasteiger partial charge in [0.2, 0.25) is 0 Å². The first-order valence-corrected chi connectivity index (χ1v) is 6.84. The molecule has 4 nitrogen and oxygen atoms in total. The summed E-state index contributed by atoms with van der Waals surface area (Å²) in [4.78, 5) is 11.8. The van der Waals surface area contributed by atoms with Crippen molar-refractivity contribution >= 4 is 6.09 Å². The van der Waals surface area contributed by atoms with Crippen molar-refractivity contribution in [1.82, 2.24) is 5.32 Å². The summed E-state index contributed by atoms with van der Waals surface area (Å²) in [6.07, 6.45) is 0.226. The third-order valence-electron chi connectivity index (χ3n) is 3.00. The van der Waals surface area contributed by atoms with E-state index in [0.29, 0.717) is 6.42 Å². The molecule has 0 fully saturated rings. The fraction of sp³-hybridized carbons (Fsp3) is 0.562. The molecule has 0 saturated heterocycles. The number of carbonyl (C=O) groups is 1. The summed E-state index contributed by atoms with van der Waals surface area (Å²) < 4.78 is 5.20. The standard InChI is InChI=1S/C16H25NO3/c1-15(2,12-18)11-16(3,4)17-14(19)20-10-13-8-6-5-7-9-13/h5-9,18H,10-12H2,1-4H3,(H,17,19). The van der Waals surface area contributed by atoms with Crippen LogP contribution in [0.2, 0.25) is 0 Å². The summed E-state index contributed by atoms with van der Waals surface area (Å²) in [7, 11) is 0. The van der Waals surface area contributed by atoms with Crippen LogP contribution in [0.5, 0.6) is 0 Å². The minimum atomic E-state index is -0.437. The molecule has 0 saturated carbocycles. The minimum Gasteiger partial charge on any atom is -0.445 e. The van der Waals surface area contributed by atoms with E-state index in [1.807, 2.05) is 58.0 Å². The van der Waals surface area contributed by atoms with Gasteiger partial charge in [-0.1, -0.05) is 44.2 Å². The number of nitrogens with one attached hydrogen (secondary N) is 1. The fourth-order valence-electron chi connectivity index (χ4n) is 2.33. The molecule has 0 radical (unpaired) electrons. The SMILES string of the molecule is CC(C)(CO)CC(C)(C)NC(=O)OCc1ccccc1. The first-order valence-electron chi connectivity index (χ1n) is 6.84. The molecule has 0 bridgehead atoms. The van der Waals surface area contributed by atoms with E-state index in [2.05, 4.69) is 5.32 Å². The molecule has 1 amide bonds. The van der Waals surface area contributed by atoms with Crippen LogP contribution in [0.3, 0.4) is 0 Å². The zero-order chi connectivity index (χ0) is 15.2. The van der Waals surface area contributed by atoms with Gasteiger partial charge in [0.05, 0.1) is 0 Å². The fourth-order valence-corrected chi connectivity index (χ4v) is 2.33. The molecule has 0 spiro atoms. The number of hydrogen-bond acceptors (Lipinski definition) is 3. The lowest BCUT2D eigenvalue weighted by Crippen LogP contribution is -2.47. The molecular weight excluding hydrogens is 254 g/mol. The summed E-state index contributed by atoms with van der Waals surface area (Å²) >= 11 is 0. The third kappa shape index (κ3) is 6.06. The van der Waals surface area contributed by atoms with Gasteiger partial charge in [-0.3, -0.25) is 0 Å². The molecule has 0 aliphatic rings. The van der Waals surface area contributed by atoms with Gasteiger partial charge in [0.15, 0.2) is 0 Å². The Hall–Kier alpha value is -1.55. The van der Waals surface area contributed by atoms with E-state index in [4.69, 9.17) is 4.74 Å². The van der Waals surface area contributed by atoms with Crippen LogP contribution in [0.4, 0.5) is 4.79 Å². The third-order valence-corrected chi connectivity index (χ3v) is 3.00. The molecule has 112 valence electrons. The van der Waals surface area contributed by atoms with Gasteiger partial charge in [-0.15, -0.1) is 0 Å². The maximum absolute atomic E-state index is 11.8. The van der Waals surface area contributed by atoms with Crippen LogP contribution >= 0.6 is 0 Å². The van der Waals surface area contributed by atoms with Gasteiger partial charge >= 0.3 is 6.09 Å². The number of aliphatic hydroxyl groups is 1. The predicted molar refractivity (Wildman–Crippen MR) is 79.3 cm³/mol. The molecule has 1 aromatic rings. The van der Waals surface area contributed by atoms with E-state index in [-0.39, 0.29) is 18.6 Å². The van der Waals surface area contributed by atoms with Crippen molar-refractivity contribution in [3.05, 3.63) is 35.9 Å². The minimum absolute atomic E-state index is 0.0805. The summed E-state index contributed by atoms with van der Waals surface area (Å²) in [5, 5.41) is 12.1. The number of benzene rings is 1. The summed E-state index contributed by atoms with van der Waals surface area (Å²) in [6, 6.07) is 9.55. The van der Waals surface area contributed by atoms with Crippen molar-refractivity contribution < 1.29 is 14.6 Å². The number of amides is 1. The Balaban J connectivity index is 2.45. The Kier molecular flexibility index (Phi) is 5.57. The number of rotatable bonds is 6. The number of ether oxygens (including phenoxy) is 1. The van der Waals surface area contributed by atoms with Gasteiger partial charge in [0.1, 0.15) is 6.61 Å². The smallest absolute Gasteiger partial charge is 0.407 e. The average molecular weight is 279 g/mol. The van der Waals surface area contributed by atoms with Crippen LogP contribution in [0.25, 0.3) is 0 Å². The molecule has 1 aromatic carbocycles. The quantitative estimate of drug-likeness (QED) is 0.841. The lowest BCUT2D eigenvalue weighted by molar-refractivity contribution is 0.0998. The van der Waals surface area contributed by atoms with Crippen molar-refractivity contribution in [3.8, 4) is 0 Å². The van der Waals surface area contributed by atoms with Crippen molar-refractivity contribution in [3.63, 3.8) is 0 Å². The highest BCUT2D eigenvalue weighted by Crippen LogP contribution is 2.27. The molecule has 1 rings (SSSR count). The number of aliphatic hydroxyl groups excluding tert-OH is 1. The second-order valence-electron chi connectivity index (χ2n) is 6.57. The second kappa shape index (κ2) is 6.75. The van der Waals surface area contributed by atoms with Crippen LogP contribution in [-0.2, 0) is 11.3 Å². The van der Waals surface area contributed by atoms with Gasteiger partial charge in [-0.2, -0.15) is 0 Å². The van der Waals surface area contributed by atoms with Crippen molar-refractivity contribution in [2.45, 2.75) is 46.3 Å². The molecule has 0 aliphatic carbocycles. The van der Waals surface area contributed by atoms with E-state index < -0.39 is 11.6 Å². The Bertz CT molecular complexity index is 427. The number of carbonyl (C=O) groups excluding carboxylic acids is 1. The van der Waals surface area contributed by atoms with E-state index in [9.17, 15) is 9.90 Å². The highest BCUT2D eigenvalue weighted by Gasteiger charge is 2.30. The van der Waals surface area contributed by atoms with Crippen LogP contribution < -0.4 is 5.32 Å². The highest BCUT2D eigenvalue weighted by atomic mass is 16.5. The molecule has 0 atom stereocenters. The molecular formula is C16H25NO3. The highest BCUT2D eigenvalue weighted by molar-refractivity contribution is 5.68. The summed E-state index contributed by atoms with van der Waals surface area (Å²) in [5.74, 6) is 0. The van der Waals surface area contributed by atoms with Crippen LogP contribution in [0, 0.1) is 5.41 Å². The molecule has 0 aliphatic heterocycles. The second-order valence-corrected chi connectivity index (χ2v) is 6.57.